The van der Waals surface area contributed by atoms with Crippen LogP contribution in [-0.4, -0.2) is 57.5 Å². The van der Waals surface area contributed by atoms with Gasteiger partial charge in [-0.05, 0) is 61.5 Å². The van der Waals surface area contributed by atoms with E-state index in [0.29, 0.717) is 53.8 Å². The summed E-state index contributed by atoms with van der Waals surface area (Å²) in [4.78, 5) is 13.0. The molecule has 1 aromatic heterocycles. The fraction of sp³-hybridized carbons (Fsp3) is 0.276. The van der Waals surface area contributed by atoms with Gasteiger partial charge in [0.05, 0.1) is 14.2 Å². The third kappa shape index (κ3) is 6.41. The van der Waals surface area contributed by atoms with Crippen molar-refractivity contribution in [3.05, 3.63) is 83.6 Å². The third-order valence-electron chi connectivity index (χ3n) is 5.89. The first-order chi connectivity index (χ1) is 18.0. The van der Waals surface area contributed by atoms with Crippen LogP contribution in [0.5, 0.6) is 23.0 Å². The number of aliphatic hydroxyl groups excluding tert-OH is 1. The number of methoxy groups -OCH3 is 2. The van der Waals surface area contributed by atoms with Gasteiger partial charge in [-0.15, -0.1) is 0 Å². The largest absolute Gasteiger partial charge is 0.497 e. The molecule has 0 fully saturated rings. The highest BCUT2D eigenvalue weighted by Crippen LogP contribution is 2.30. The molecule has 0 aliphatic rings. The lowest BCUT2D eigenvalue weighted by Gasteiger charge is -2.14. The molecular formula is C29H31NO7. The van der Waals surface area contributed by atoms with E-state index < -0.39 is 6.10 Å². The lowest BCUT2D eigenvalue weighted by Crippen LogP contribution is -2.33. The van der Waals surface area contributed by atoms with Crippen LogP contribution < -0.4 is 24.3 Å². The number of benzene rings is 3. The number of aryl methyl sites for hydroxylation is 1. The number of ether oxygens (including phenoxy) is 4. The molecule has 0 radical (unpaired) electrons. The fourth-order valence-electron chi connectivity index (χ4n) is 3.87. The molecule has 8 nitrogen and oxygen atoms in total. The Balaban J connectivity index is 1.28. The van der Waals surface area contributed by atoms with Crippen LogP contribution in [0.15, 0.2) is 71.1 Å². The monoisotopic (exact) mass is 505 g/mol. The molecule has 4 rings (SSSR count). The average Bonchev–Trinajstić information content (AvgIpc) is 3.27. The Morgan fingerprint density at radius 1 is 0.946 bits per heavy atom. The maximum Gasteiger partial charge on any atom is 0.228 e. The van der Waals surface area contributed by atoms with Gasteiger partial charge in [0, 0.05) is 29.6 Å². The minimum Gasteiger partial charge on any atom is -0.497 e. The van der Waals surface area contributed by atoms with Crippen LogP contribution in [0.4, 0.5) is 0 Å². The smallest absolute Gasteiger partial charge is 0.228 e. The Bertz CT molecular complexity index is 1330. The number of nitrogens with one attached hydrogen (secondary N) is 1. The van der Waals surface area contributed by atoms with E-state index in [2.05, 4.69) is 5.32 Å². The van der Waals surface area contributed by atoms with Gasteiger partial charge in [-0.1, -0.05) is 12.1 Å². The molecule has 4 aromatic rings. The molecule has 0 aliphatic heterocycles. The van der Waals surface area contributed by atoms with E-state index in [1.54, 1.807) is 50.6 Å². The predicted octanol–water partition coefficient (Wildman–Crippen LogP) is 4.40. The molecule has 0 aliphatic carbocycles. The quantitative estimate of drug-likeness (QED) is 0.204. The number of para-hydroxylation sites is 2. The predicted molar refractivity (Wildman–Crippen MR) is 140 cm³/mol. The Morgan fingerprint density at radius 3 is 2.41 bits per heavy atom. The van der Waals surface area contributed by atoms with Crippen LogP contribution in [0.3, 0.4) is 0 Å². The molecule has 37 heavy (non-hydrogen) atoms. The number of rotatable bonds is 13. The number of fused-ring (bicyclic) bond motifs is 1. The minimum atomic E-state index is -0.709. The zero-order valence-electron chi connectivity index (χ0n) is 21.2. The second-order valence-electron chi connectivity index (χ2n) is 8.44. The van der Waals surface area contributed by atoms with E-state index in [1.165, 1.54) is 0 Å². The summed E-state index contributed by atoms with van der Waals surface area (Å²) in [6, 6.07) is 19.7. The van der Waals surface area contributed by atoms with Gasteiger partial charge in [0.25, 0.3) is 0 Å². The number of hydrogen-bond acceptors (Lipinski definition) is 8. The SMILES string of the molecule is COc1ccc(C(=O)c2oc3ccc(OCC(O)CNCCOc4ccccc4OC)cc3c2C)cc1. The summed E-state index contributed by atoms with van der Waals surface area (Å²) >= 11 is 0. The van der Waals surface area contributed by atoms with Crippen molar-refractivity contribution in [1.82, 2.24) is 5.32 Å². The van der Waals surface area contributed by atoms with Gasteiger partial charge in [0.2, 0.25) is 5.78 Å². The lowest BCUT2D eigenvalue weighted by atomic mass is 10.0. The van der Waals surface area contributed by atoms with Crippen LogP contribution in [-0.2, 0) is 0 Å². The van der Waals surface area contributed by atoms with Gasteiger partial charge in [-0.3, -0.25) is 4.79 Å². The van der Waals surface area contributed by atoms with Gasteiger partial charge >= 0.3 is 0 Å². The molecule has 0 bridgehead atoms. The standard InChI is InChI=1S/C29H31NO7/c1-19-24-16-23(12-13-25(24)37-29(19)28(32)20-8-10-22(33-2)11-9-20)36-18-21(31)17-30-14-15-35-27-7-5-4-6-26(27)34-3/h4-13,16,21,30-31H,14-15,17-18H2,1-3H3. The molecule has 1 atom stereocenters. The number of aliphatic hydroxyl groups is 1. The molecule has 1 heterocycles. The summed E-state index contributed by atoms with van der Waals surface area (Å²) in [7, 11) is 3.18. The second-order valence-corrected chi connectivity index (χ2v) is 8.44. The van der Waals surface area contributed by atoms with E-state index in [-0.39, 0.29) is 18.2 Å². The van der Waals surface area contributed by atoms with Crippen LogP contribution in [0.2, 0.25) is 0 Å². The van der Waals surface area contributed by atoms with Crippen LogP contribution in [0, 0.1) is 6.92 Å². The Hall–Kier alpha value is -4.01. The van der Waals surface area contributed by atoms with Crippen molar-refractivity contribution in [1.29, 1.82) is 0 Å². The molecule has 1 unspecified atom stereocenters. The normalized spacial score (nSPS) is 11.8. The first kappa shape index (κ1) is 26.1. The Morgan fingerprint density at radius 2 is 1.68 bits per heavy atom. The van der Waals surface area contributed by atoms with Crippen LogP contribution in [0.1, 0.15) is 21.7 Å². The number of furan rings is 1. The van der Waals surface area contributed by atoms with E-state index in [9.17, 15) is 9.90 Å². The van der Waals surface area contributed by atoms with Crippen molar-refractivity contribution in [3.8, 4) is 23.0 Å². The summed E-state index contributed by atoms with van der Waals surface area (Å²) in [5.41, 5.74) is 1.85. The minimum absolute atomic E-state index is 0.112. The highest BCUT2D eigenvalue weighted by atomic mass is 16.5. The number of ketones is 1. The number of carbonyl (C=O) groups is 1. The van der Waals surface area contributed by atoms with E-state index in [4.69, 9.17) is 23.4 Å². The molecule has 0 spiro atoms. The van der Waals surface area contributed by atoms with Crippen LogP contribution >= 0.6 is 0 Å². The highest BCUT2D eigenvalue weighted by Gasteiger charge is 2.20. The fourth-order valence-corrected chi connectivity index (χ4v) is 3.87. The van der Waals surface area contributed by atoms with Gasteiger partial charge in [-0.2, -0.15) is 0 Å². The van der Waals surface area contributed by atoms with E-state index in [0.717, 1.165) is 10.9 Å². The van der Waals surface area contributed by atoms with Crippen LogP contribution in [0.25, 0.3) is 11.0 Å². The highest BCUT2D eigenvalue weighted by molar-refractivity contribution is 6.10. The lowest BCUT2D eigenvalue weighted by molar-refractivity contribution is 0.101. The number of hydrogen-bond donors (Lipinski definition) is 2. The first-order valence-corrected chi connectivity index (χ1v) is 12.0. The van der Waals surface area contributed by atoms with Crippen molar-refractivity contribution in [3.63, 3.8) is 0 Å². The van der Waals surface area contributed by atoms with Crippen molar-refractivity contribution in [2.45, 2.75) is 13.0 Å². The summed E-state index contributed by atoms with van der Waals surface area (Å²) in [6.45, 7) is 3.30. The zero-order chi connectivity index (χ0) is 26.2. The summed E-state index contributed by atoms with van der Waals surface area (Å²) in [6.07, 6.45) is -0.709. The van der Waals surface area contributed by atoms with E-state index >= 15 is 0 Å². The van der Waals surface area contributed by atoms with Gasteiger partial charge in [0.15, 0.2) is 17.3 Å². The average molecular weight is 506 g/mol. The molecule has 2 N–H and O–H groups in total. The van der Waals surface area contributed by atoms with Crippen molar-refractivity contribution < 1.29 is 33.3 Å². The van der Waals surface area contributed by atoms with Gasteiger partial charge in [0.1, 0.15) is 36.4 Å². The Kier molecular flexibility index (Phi) is 8.66. The summed E-state index contributed by atoms with van der Waals surface area (Å²) in [5, 5.41) is 14.2. The second kappa shape index (κ2) is 12.3. The number of carbonyl (C=O) groups excluding carboxylic acids is 1. The third-order valence-corrected chi connectivity index (χ3v) is 5.89. The maximum atomic E-state index is 13.0. The van der Waals surface area contributed by atoms with E-state index in [1.807, 2.05) is 37.3 Å². The zero-order valence-corrected chi connectivity index (χ0v) is 21.2. The Labute approximate surface area is 215 Å². The van der Waals surface area contributed by atoms with Crippen molar-refractivity contribution >= 4 is 16.8 Å². The van der Waals surface area contributed by atoms with Gasteiger partial charge < -0.3 is 33.8 Å². The molecule has 194 valence electrons. The maximum absolute atomic E-state index is 13.0. The molecule has 0 saturated carbocycles. The summed E-state index contributed by atoms with van der Waals surface area (Å²) < 4.78 is 27.8. The molecular weight excluding hydrogens is 474 g/mol. The molecule has 8 heteroatoms. The van der Waals surface area contributed by atoms with Crippen molar-refractivity contribution in [2.75, 3.05) is 40.5 Å². The molecule has 3 aromatic carbocycles. The first-order valence-electron chi connectivity index (χ1n) is 12.0. The summed E-state index contributed by atoms with van der Waals surface area (Å²) in [5.74, 6) is 2.70. The van der Waals surface area contributed by atoms with Crippen molar-refractivity contribution in [2.24, 2.45) is 0 Å². The molecule has 0 amide bonds. The molecule has 0 saturated heterocycles. The van der Waals surface area contributed by atoms with Gasteiger partial charge in [-0.25, -0.2) is 0 Å². The topological polar surface area (TPSA) is 99.4 Å².